The number of rotatable bonds is 5. The molecule has 4 nitrogen and oxygen atoms in total. The van der Waals surface area contributed by atoms with Crippen LogP contribution in [0.2, 0.25) is 0 Å². The van der Waals surface area contributed by atoms with Gasteiger partial charge in [0.05, 0.1) is 6.61 Å². The zero-order valence-electron chi connectivity index (χ0n) is 9.30. The molecule has 2 aromatic rings. The van der Waals surface area contributed by atoms with Crippen LogP contribution in [0.5, 0.6) is 5.75 Å². The molecule has 0 radical (unpaired) electrons. The second kappa shape index (κ2) is 5.97. The monoisotopic (exact) mass is 327 g/mol. The zero-order chi connectivity index (χ0) is 13.0. The fraction of sp³-hybridized carbons (Fsp3) is 0.167. The van der Waals surface area contributed by atoms with Crippen LogP contribution in [0.3, 0.4) is 0 Å². The van der Waals surface area contributed by atoms with Gasteiger partial charge in [-0.3, -0.25) is 0 Å². The van der Waals surface area contributed by atoms with Gasteiger partial charge in [-0.05, 0) is 33.4 Å². The molecule has 0 fully saturated rings. The molecule has 0 spiro atoms. The summed E-state index contributed by atoms with van der Waals surface area (Å²) in [5, 5.41) is 11.0. The third-order valence-corrected chi connectivity index (χ3v) is 3.58. The van der Waals surface area contributed by atoms with Gasteiger partial charge in [0.15, 0.2) is 11.4 Å². The van der Waals surface area contributed by atoms with Crippen molar-refractivity contribution in [1.29, 1.82) is 0 Å². The van der Waals surface area contributed by atoms with Crippen molar-refractivity contribution in [2.75, 3.05) is 6.61 Å². The predicted octanol–water partition coefficient (Wildman–Crippen LogP) is 3.23. The van der Waals surface area contributed by atoms with E-state index in [2.05, 4.69) is 20.9 Å². The maximum Gasteiger partial charge on any atom is 0.358 e. The van der Waals surface area contributed by atoms with Crippen molar-refractivity contribution in [2.24, 2.45) is 0 Å². The SMILES string of the molecule is O=C(O)c1ncc(Br)cc1OCCc1cccs1. The second-order valence-corrected chi connectivity index (χ2v) is 5.43. The Morgan fingerprint density at radius 1 is 1.56 bits per heavy atom. The van der Waals surface area contributed by atoms with Crippen molar-refractivity contribution < 1.29 is 14.6 Å². The average molecular weight is 328 g/mol. The van der Waals surface area contributed by atoms with Crippen LogP contribution in [0.1, 0.15) is 15.4 Å². The fourth-order valence-electron chi connectivity index (χ4n) is 1.41. The number of thiophene rings is 1. The van der Waals surface area contributed by atoms with Gasteiger partial charge in [-0.15, -0.1) is 11.3 Å². The van der Waals surface area contributed by atoms with Crippen LogP contribution < -0.4 is 4.74 Å². The molecule has 2 heterocycles. The van der Waals surface area contributed by atoms with E-state index in [9.17, 15) is 4.79 Å². The molecule has 2 aromatic heterocycles. The van der Waals surface area contributed by atoms with E-state index in [4.69, 9.17) is 9.84 Å². The fourth-order valence-corrected chi connectivity index (χ4v) is 2.41. The molecule has 1 N–H and O–H groups in total. The standard InChI is InChI=1S/C12H10BrNO3S/c13-8-6-10(11(12(15)16)14-7-8)17-4-3-9-2-1-5-18-9/h1-2,5-7H,3-4H2,(H,15,16). The molecular weight excluding hydrogens is 318 g/mol. The normalized spacial score (nSPS) is 10.3. The molecule has 0 aliphatic heterocycles. The number of carboxylic acids is 1. The van der Waals surface area contributed by atoms with Crippen molar-refractivity contribution >= 4 is 33.2 Å². The molecule has 0 aromatic carbocycles. The minimum atomic E-state index is -1.09. The summed E-state index contributed by atoms with van der Waals surface area (Å²) in [6, 6.07) is 5.61. The summed E-state index contributed by atoms with van der Waals surface area (Å²) in [6.07, 6.45) is 2.19. The largest absolute Gasteiger partial charge is 0.491 e. The summed E-state index contributed by atoms with van der Waals surface area (Å²) in [5.74, 6) is -0.804. The zero-order valence-corrected chi connectivity index (χ0v) is 11.7. The maximum absolute atomic E-state index is 11.0. The first kappa shape index (κ1) is 13.0. The Morgan fingerprint density at radius 3 is 3.06 bits per heavy atom. The lowest BCUT2D eigenvalue weighted by Gasteiger charge is -2.08. The third-order valence-electron chi connectivity index (χ3n) is 2.21. The summed E-state index contributed by atoms with van der Waals surface area (Å²) in [5.41, 5.74) is -0.0654. The molecule has 18 heavy (non-hydrogen) atoms. The lowest BCUT2D eigenvalue weighted by molar-refractivity contribution is 0.0685. The topological polar surface area (TPSA) is 59.4 Å². The number of carbonyl (C=O) groups is 1. The Hall–Kier alpha value is -1.40. The molecule has 0 amide bonds. The molecule has 94 valence electrons. The number of aromatic nitrogens is 1. The van der Waals surface area contributed by atoms with Crippen LogP contribution in [-0.4, -0.2) is 22.7 Å². The molecule has 0 aliphatic rings. The third kappa shape index (κ3) is 3.30. The van der Waals surface area contributed by atoms with Crippen molar-refractivity contribution in [3.8, 4) is 5.75 Å². The molecule has 2 rings (SSSR count). The molecule has 0 atom stereocenters. The Kier molecular flexibility index (Phi) is 4.33. The van der Waals surface area contributed by atoms with E-state index in [1.807, 2.05) is 17.5 Å². The lowest BCUT2D eigenvalue weighted by Crippen LogP contribution is -2.07. The summed E-state index contributed by atoms with van der Waals surface area (Å²) in [6.45, 7) is 0.429. The summed E-state index contributed by atoms with van der Waals surface area (Å²) >= 11 is 4.89. The number of aromatic carboxylic acids is 1. The number of halogens is 1. The molecule has 6 heteroatoms. The van der Waals surface area contributed by atoms with Crippen LogP contribution in [0, 0.1) is 0 Å². The van der Waals surface area contributed by atoms with Gasteiger partial charge in [-0.1, -0.05) is 6.07 Å². The average Bonchev–Trinajstić information content (AvgIpc) is 2.82. The molecule has 0 aliphatic carbocycles. The number of hydrogen-bond acceptors (Lipinski definition) is 4. The Labute approximate surface area is 116 Å². The molecule has 0 saturated heterocycles. The van der Waals surface area contributed by atoms with Gasteiger partial charge in [0.1, 0.15) is 0 Å². The van der Waals surface area contributed by atoms with Crippen molar-refractivity contribution in [3.63, 3.8) is 0 Å². The van der Waals surface area contributed by atoms with Crippen LogP contribution in [0.15, 0.2) is 34.2 Å². The van der Waals surface area contributed by atoms with E-state index in [0.29, 0.717) is 11.1 Å². The Morgan fingerprint density at radius 2 is 2.39 bits per heavy atom. The summed E-state index contributed by atoms with van der Waals surface area (Å²) < 4.78 is 6.18. The van der Waals surface area contributed by atoms with Gasteiger partial charge in [0, 0.05) is 22.0 Å². The molecular formula is C12H10BrNO3S. The Bertz CT molecular complexity index is 542. The van der Waals surface area contributed by atoms with Gasteiger partial charge in [0.25, 0.3) is 0 Å². The van der Waals surface area contributed by atoms with Crippen molar-refractivity contribution in [2.45, 2.75) is 6.42 Å². The first-order valence-electron chi connectivity index (χ1n) is 5.21. The van der Waals surface area contributed by atoms with E-state index in [1.165, 1.54) is 11.1 Å². The number of nitrogens with zero attached hydrogens (tertiary/aromatic N) is 1. The number of ether oxygens (including phenoxy) is 1. The number of carboxylic acid groups (broad SMARTS) is 1. The van der Waals surface area contributed by atoms with E-state index >= 15 is 0 Å². The second-order valence-electron chi connectivity index (χ2n) is 3.48. The van der Waals surface area contributed by atoms with E-state index in [0.717, 1.165) is 6.42 Å². The highest BCUT2D eigenvalue weighted by Gasteiger charge is 2.13. The highest BCUT2D eigenvalue weighted by molar-refractivity contribution is 9.10. The highest BCUT2D eigenvalue weighted by Crippen LogP contribution is 2.22. The highest BCUT2D eigenvalue weighted by atomic mass is 79.9. The number of pyridine rings is 1. The lowest BCUT2D eigenvalue weighted by atomic mass is 10.3. The van der Waals surface area contributed by atoms with Gasteiger partial charge >= 0.3 is 5.97 Å². The maximum atomic E-state index is 11.0. The smallest absolute Gasteiger partial charge is 0.358 e. The van der Waals surface area contributed by atoms with Crippen molar-refractivity contribution in [1.82, 2.24) is 4.98 Å². The van der Waals surface area contributed by atoms with Crippen LogP contribution >= 0.6 is 27.3 Å². The minimum Gasteiger partial charge on any atom is -0.491 e. The van der Waals surface area contributed by atoms with Gasteiger partial charge in [0.2, 0.25) is 0 Å². The van der Waals surface area contributed by atoms with E-state index in [1.54, 1.807) is 17.4 Å². The van der Waals surface area contributed by atoms with Crippen LogP contribution in [0.25, 0.3) is 0 Å². The van der Waals surface area contributed by atoms with Crippen LogP contribution in [-0.2, 0) is 6.42 Å². The first-order valence-corrected chi connectivity index (χ1v) is 6.88. The molecule has 0 saturated carbocycles. The van der Waals surface area contributed by atoms with Gasteiger partial charge in [-0.25, -0.2) is 9.78 Å². The molecule has 0 unspecified atom stereocenters. The van der Waals surface area contributed by atoms with Crippen molar-refractivity contribution in [3.05, 3.63) is 44.8 Å². The summed E-state index contributed by atoms with van der Waals surface area (Å²) in [4.78, 5) is 16.0. The van der Waals surface area contributed by atoms with Crippen LogP contribution in [0.4, 0.5) is 0 Å². The van der Waals surface area contributed by atoms with Gasteiger partial charge in [-0.2, -0.15) is 0 Å². The quantitative estimate of drug-likeness (QED) is 0.915. The first-order chi connectivity index (χ1) is 8.66. The minimum absolute atomic E-state index is 0.0654. The molecule has 0 bridgehead atoms. The Balaban J connectivity index is 2.03. The van der Waals surface area contributed by atoms with Gasteiger partial charge < -0.3 is 9.84 Å². The summed E-state index contributed by atoms with van der Waals surface area (Å²) in [7, 11) is 0. The number of hydrogen-bond donors (Lipinski definition) is 1. The van der Waals surface area contributed by atoms with E-state index in [-0.39, 0.29) is 11.4 Å². The van der Waals surface area contributed by atoms with E-state index < -0.39 is 5.97 Å². The predicted molar refractivity (Wildman–Crippen MR) is 72.4 cm³/mol.